The summed E-state index contributed by atoms with van der Waals surface area (Å²) < 4.78 is 0. The molecule has 0 aromatic rings. The predicted molar refractivity (Wildman–Crippen MR) is 72.5 cm³/mol. The fourth-order valence-corrected chi connectivity index (χ4v) is 1.80. The third kappa shape index (κ3) is 10.2. The van der Waals surface area contributed by atoms with Crippen LogP contribution >= 0.6 is 0 Å². The monoisotopic (exact) mass is 332 g/mol. The van der Waals surface area contributed by atoms with Crippen LogP contribution in [0.15, 0.2) is 0 Å². The summed E-state index contributed by atoms with van der Waals surface area (Å²) in [6, 6.07) is -1.77. The van der Waals surface area contributed by atoms with E-state index in [0.29, 0.717) is 6.42 Å². The molecule has 2 amide bonds. The molecule has 0 rings (SSSR count). The molecular formula is C13H24N4O6. The summed E-state index contributed by atoms with van der Waals surface area (Å²) in [5, 5.41) is 25.3. The highest BCUT2D eigenvalue weighted by molar-refractivity contribution is 5.90. The molecule has 0 aromatic heterocycles. The molecule has 0 spiro atoms. The Hall–Kier alpha value is -2.20. The van der Waals surface area contributed by atoms with Crippen molar-refractivity contribution in [2.75, 3.05) is 13.1 Å². The first-order valence-corrected chi connectivity index (χ1v) is 7.38. The molecule has 0 saturated heterocycles. The lowest BCUT2D eigenvalue weighted by atomic mass is 10.1. The molecular weight excluding hydrogens is 308 g/mol. The quantitative estimate of drug-likeness (QED) is 0.257. The highest BCUT2D eigenvalue weighted by Gasteiger charge is 2.25. The zero-order chi connectivity index (χ0) is 17.8. The Labute approximate surface area is 133 Å². The van der Waals surface area contributed by atoms with Gasteiger partial charge in [0.2, 0.25) is 5.91 Å². The Morgan fingerprint density at radius 1 is 0.957 bits per heavy atom. The van der Waals surface area contributed by atoms with Crippen LogP contribution in [0.3, 0.4) is 0 Å². The number of amides is 2. The summed E-state index contributed by atoms with van der Waals surface area (Å²) in [4.78, 5) is 44.6. The second kappa shape index (κ2) is 11.4. The van der Waals surface area contributed by atoms with Crippen LogP contribution in [0, 0.1) is 0 Å². The van der Waals surface area contributed by atoms with Crippen LogP contribution in [-0.2, 0) is 19.2 Å². The number of hydrogen-bond acceptors (Lipinski definition) is 6. The minimum atomic E-state index is -1.49. The molecule has 0 aromatic carbocycles. The average Bonchev–Trinajstić information content (AvgIpc) is 2.48. The fraction of sp³-hybridized carbons (Fsp3) is 0.692. The van der Waals surface area contributed by atoms with E-state index in [1.165, 1.54) is 0 Å². The van der Waals surface area contributed by atoms with Crippen LogP contribution < -0.4 is 32.3 Å². The Bertz CT molecular complexity index is 429. The number of aliphatic carboxylic acids is 2. The van der Waals surface area contributed by atoms with Crippen molar-refractivity contribution >= 4 is 23.8 Å². The predicted octanol–water partition coefficient (Wildman–Crippen LogP) is -6.11. The number of nitrogens with one attached hydrogen (secondary N) is 2. The van der Waals surface area contributed by atoms with Gasteiger partial charge in [-0.05, 0) is 25.7 Å². The van der Waals surface area contributed by atoms with E-state index in [0.717, 1.165) is 19.4 Å². The molecule has 0 heterocycles. The van der Waals surface area contributed by atoms with Crippen molar-refractivity contribution < 1.29 is 40.9 Å². The van der Waals surface area contributed by atoms with E-state index in [1.54, 1.807) is 0 Å². The summed E-state index contributed by atoms with van der Waals surface area (Å²) in [6.45, 7) is 0.0159. The number of carbonyl (C=O) groups excluding carboxylic acids is 4. The topological polar surface area (TPSA) is 194 Å². The molecule has 10 heteroatoms. The number of quaternary nitrogens is 2. The van der Waals surface area contributed by atoms with Gasteiger partial charge in [0.15, 0.2) is 6.04 Å². The second-order valence-electron chi connectivity index (χ2n) is 5.11. The van der Waals surface area contributed by atoms with Crippen molar-refractivity contribution in [3.05, 3.63) is 0 Å². The summed E-state index contributed by atoms with van der Waals surface area (Å²) in [5.41, 5.74) is 7.38. The molecule has 2 atom stereocenters. The van der Waals surface area contributed by atoms with Crippen molar-refractivity contribution in [3.63, 3.8) is 0 Å². The average molecular weight is 332 g/mol. The number of carboxylic acids is 2. The van der Waals surface area contributed by atoms with Crippen molar-refractivity contribution in [1.29, 1.82) is 0 Å². The first-order valence-electron chi connectivity index (χ1n) is 7.38. The third-order valence-corrected chi connectivity index (χ3v) is 3.10. The Kier molecular flexibility index (Phi) is 10.3. The normalized spacial score (nSPS) is 13.0. The van der Waals surface area contributed by atoms with Crippen LogP contribution in [0.1, 0.15) is 32.1 Å². The van der Waals surface area contributed by atoms with Gasteiger partial charge in [0.25, 0.3) is 5.91 Å². The van der Waals surface area contributed by atoms with Gasteiger partial charge < -0.3 is 41.9 Å². The molecule has 8 N–H and O–H groups in total. The van der Waals surface area contributed by atoms with E-state index in [2.05, 4.69) is 16.8 Å². The minimum absolute atomic E-state index is 0.210. The van der Waals surface area contributed by atoms with E-state index in [9.17, 15) is 29.4 Å². The van der Waals surface area contributed by atoms with Gasteiger partial charge in [-0.1, -0.05) is 0 Å². The SMILES string of the molecule is [NH3+]CCCC[C@H]([NH3+])C(=O)N[C@@H](CCC(=O)[O-])C(=O)NCC(=O)[O-]. The fourth-order valence-electron chi connectivity index (χ4n) is 1.80. The van der Waals surface area contributed by atoms with Crippen molar-refractivity contribution in [3.8, 4) is 0 Å². The van der Waals surface area contributed by atoms with E-state index in [1.807, 2.05) is 5.32 Å². The number of carbonyl (C=O) groups is 4. The molecule has 132 valence electrons. The number of hydrogen-bond donors (Lipinski definition) is 4. The molecule has 0 aliphatic carbocycles. The highest BCUT2D eigenvalue weighted by Crippen LogP contribution is 2.01. The molecule has 23 heavy (non-hydrogen) atoms. The van der Waals surface area contributed by atoms with Crippen LogP contribution in [0.4, 0.5) is 0 Å². The molecule has 0 aliphatic heterocycles. The lowest BCUT2D eigenvalue weighted by Crippen LogP contribution is -2.69. The maximum absolute atomic E-state index is 12.0. The lowest BCUT2D eigenvalue weighted by Gasteiger charge is -2.20. The standard InChI is InChI=1S/C13H24N4O6/c14-6-2-1-3-8(15)12(22)17-9(4-5-10(18)19)13(23)16-7-11(20)21/h8-9H,1-7,14-15H2,(H,16,23)(H,17,22)(H,18,19)(H,20,21)/t8-,9-/m0/s1. The van der Waals surface area contributed by atoms with E-state index >= 15 is 0 Å². The molecule has 0 fully saturated rings. The van der Waals surface area contributed by atoms with Gasteiger partial charge in [-0.25, -0.2) is 0 Å². The Morgan fingerprint density at radius 3 is 2.13 bits per heavy atom. The van der Waals surface area contributed by atoms with Crippen molar-refractivity contribution in [2.24, 2.45) is 0 Å². The van der Waals surface area contributed by atoms with Gasteiger partial charge >= 0.3 is 0 Å². The Balaban J connectivity index is 4.59. The number of rotatable bonds is 12. The van der Waals surface area contributed by atoms with E-state index < -0.39 is 48.8 Å². The Morgan fingerprint density at radius 2 is 1.61 bits per heavy atom. The first kappa shape index (κ1) is 20.8. The molecule has 0 radical (unpaired) electrons. The first-order chi connectivity index (χ1) is 10.8. The van der Waals surface area contributed by atoms with Crippen LogP contribution in [-0.4, -0.2) is 48.9 Å². The number of carboxylic acid groups (broad SMARTS) is 2. The second-order valence-corrected chi connectivity index (χ2v) is 5.11. The van der Waals surface area contributed by atoms with Crippen LogP contribution in [0.2, 0.25) is 0 Å². The lowest BCUT2D eigenvalue weighted by molar-refractivity contribution is -0.406. The summed E-state index contributed by atoms with van der Waals surface area (Å²) >= 11 is 0. The van der Waals surface area contributed by atoms with Crippen LogP contribution in [0.5, 0.6) is 0 Å². The zero-order valence-corrected chi connectivity index (χ0v) is 13.0. The molecule has 0 unspecified atom stereocenters. The summed E-state index contributed by atoms with van der Waals surface area (Å²) in [7, 11) is 0. The van der Waals surface area contributed by atoms with Gasteiger partial charge in [0.05, 0.1) is 19.1 Å². The number of unbranched alkanes of at least 4 members (excludes halogenated alkanes) is 1. The molecule has 10 nitrogen and oxygen atoms in total. The zero-order valence-electron chi connectivity index (χ0n) is 13.0. The van der Waals surface area contributed by atoms with Crippen molar-refractivity contribution in [1.82, 2.24) is 10.6 Å². The molecule has 0 bridgehead atoms. The van der Waals surface area contributed by atoms with E-state index in [-0.39, 0.29) is 6.42 Å². The van der Waals surface area contributed by atoms with Gasteiger partial charge in [-0.3, -0.25) is 9.59 Å². The smallest absolute Gasteiger partial charge is 0.278 e. The summed E-state index contributed by atoms with van der Waals surface area (Å²) in [6.07, 6.45) is 1.45. The highest BCUT2D eigenvalue weighted by atomic mass is 16.4. The van der Waals surface area contributed by atoms with E-state index in [4.69, 9.17) is 0 Å². The molecule has 0 saturated carbocycles. The molecule has 0 aliphatic rings. The maximum atomic E-state index is 12.0. The minimum Gasteiger partial charge on any atom is -0.550 e. The van der Waals surface area contributed by atoms with Gasteiger partial charge in [-0.2, -0.15) is 0 Å². The maximum Gasteiger partial charge on any atom is 0.278 e. The largest absolute Gasteiger partial charge is 0.550 e. The van der Waals surface area contributed by atoms with Gasteiger partial charge in [0, 0.05) is 12.4 Å². The van der Waals surface area contributed by atoms with Crippen molar-refractivity contribution in [2.45, 2.75) is 44.2 Å². The van der Waals surface area contributed by atoms with Crippen LogP contribution in [0.25, 0.3) is 0 Å². The summed E-state index contributed by atoms with van der Waals surface area (Å²) in [5.74, 6) is -4.17. The van der Waals surface area contributed by atoms with Gasteiger partial charge in [-0.15, -0.1) is 0 Å². The van der Waals surface area contributed by atoms with Gasteiger partial charge in [0.1, 0.15) is 6.04 Å². The third-order valence-electron chi connectivity index (χ3n) is 3.10.